The molecule has 0 fully saturated rings. The molecule has 0 saturated heterocycles. The summed E-state index contributed by atoms with van der Waals surface area (Å²) in [6.45, 7) is 3.44. The number of nitrogens with zero attached hydrogens (tertiary/aromatic N) is 1. The molecule has 0 aliphatic rings. The van der Waals surface area contributed by atoms with Gasteiger partial charge in [0.1, 0.15) is 5.76 Å². The summed E-state index contributed by atoms with van der Waals surface area (Å²) >= 11 is 0.831. The molecule has 7 heteroatoms. The first-order chi connectivity index (χ1) is 8.77. The Bertz CT molecular complexity index is 588. The van der Waals surface area contributed by atoms with E-state index in [0.717, 1.165) is 17.8 Å². The highest BCUT2D eigenvalue weighted by Gasteiger charge is 2.34. The van der Waals surface area contributed by atoms with E-state index in [0.29, 0.717) is 11.5 Å². The molecule has 0 bridgehead atoms. The van der Waals surface area contributed by atoms with Gasteiger partial charge in [-0.15, -0.1) is 0 Å². The van der Waals surface area contributed by atoms with E-state index in [1.54, 1.807) is 13.8 Å². The zero-order valence-electron chi connectivity index (χ0n) is 10.2. The first-order valence-electron chi connectivity index (χ1n) is 5.36. The summed E-state index contributed by atoms with van der Waals surface area (Å²) in [6.07, 6.45) is -4.46. The van der Waals surface area contributed by atoms with Crippen LogP contribution in [-0.2, 0) is 6.18 Å². The fourth-order valence-electron chi connectivity index (χ4n) is 1.44. The predicted octanol–water partition coefficient (Wildman–Crippen LogP) is 4.04. The Hall–Kier alpha value is -1.63. The Balaban J connectivity index is 2.40. The summed E-state index contributed by atoms with van der Waals surface area (Å²) in [6, 6.07) is 3.64. The fourth-order valence-corrected chi connectivity index (χ4v) is 2.40. The summed E-state index contributed by atoms with van der Waals surface area (Å²) in [7, 11) is 0. The van der Waals surface area contributed by atoms with Crippen molar-refractivity contribution in [2.45, 2.75) is 30.1 Å². The van der Waals surface area contributed by atoms with E-state index in [9.17, 15) is 13.2 Å². The molecular formula is C12H11F3N2OS. The number of rotatable bonds is 2. The molecule has 2 aromatic rings. The van der Waals surface area contributed by atoms with Gasteiger partial charge in [0.2, 0.25) is 0 Å². The molecule has 0 aliphatic heterocycles. The van der Waals surface area contributed by atoms with Crippen LogP contribution in [0.2, 0.25) is 0 Å². The van der Waals surface area contributed by atoms with Crippen LogP contribution in [0.25, 0.3) is 0 Å². The van der Waals surface area contributed by atoms with Crippen LogP contribution in [0.3, 0.4) is 0 Å². The summed E-state index contributed by atoms with van der Waals surface area (Å²) < 4.78 is 44.0. The zero-order chi connectivity index (χ0) is 14.2. The lowest BCUT2D eigenvalue weighted by atomic mass is 10.2. The Labute approximate surface area is 112 Å². The molecule has 0 atom stereocenters. The second-order valence-electron chi connectivity index (χ2n) is 3.98. The highest BCUT2D eigenvalue weighted by atomic mass is 32.2. The maximum Gasteiger partial charge on any atom is 0.417 e. The summed E-state index contributed by atoms with van der Waals surface area (Å²) in [4.78, 5) is 4.07. The quantitative estimate of drug-likeness (QED) is 0.847. The van der Waals surface area contributed by atoms with Crippen molar-refractivity contribution in [2.24, 2.45) is 0 Å². The van der Waals surface area contributed by atoms with Crippen molar-refractivity contribution in [3.05, 3.63) is 35.2 Å². The smallest absolute Gasteiger partial charge is 0.417 e. The molecule has 1 aromatic carbocycles. The van der Waals surface area contributed by atoms with Gasteiger partial charge in [-0.05, 0) is 43.8 Å². The van der Waals surface area contributed by atoms with E-state index in [1.165, 1.54) is 12.1 Å². The molecule has 2 N–H and O–H groups in total. The van der Waals surface area contributed by atoms with Crippen molar-refractivity contribution in [1.29, 1.82) is 0 Å². The van der Waals surface area contributed by atoms with Crippen LogP contribution < -0.4 is 5.73 Å². The fraction of sp³-hybridized carbons (Fsp3) is 0.250. The molecule has 0 saturated carbocycles. The van der Waals surface area contributed by atoms with Gasteiger partial charge >= 0.3 is 6.18 Å². The summed E-state index contributed by atoms with van der Waals surface area (Å²) in [5.41, 5.74) is 5.34. The number of halogens is 3. The monoisotopic (exact) mass is 288 g/mol. The van der Waals surface area contributed by atoms with Crippen LogP contribution in [0.15, 0.2) is 32.7 Å². The minimum atomic E-state index is -4.46. The Morgan fingerprint density at radius 3 is 2.47 bits per heavy atom. The molecule has 3 nitrogen and oxygen atoms in total. The summed E-state index contributed by atoms with van der Waals surface area (Å²) in [5.74, 6) is 0.589. The van der Waals surface area contributed by atoms with Gasteiger partial charge in [0.15, 0.2) is 0 Å². The number of aromatic nitrogens is 1. The van der Waals surface area contributed by atoms with Crippen molar-refractivity contribution in [3.8, 4) is 0 Å². The largest absolute Gasteiger partial charge is 0.436 e. The van der Waals surface area contributed by atoms with Crippen molar-refractivity contribution in [1.82, 2.24) is 4.98 Å². The molecule has 19 heavy (non-hydrogen) atoms. The Morgan fingerprint density at radius 1 is 1.26 bits per heavy atom. The van der Waals surface area contributed by atoms with Gasteiger partial charge in [-0.3, -0.25) is 0 Å². The molecule has 1 heterocycles. The zero-order valence-corrected chi connectivity index (χ0v) is 11.0. The molecule has 0 aliphatic carbocycles. The normalized spacial score (nSPS) is 11.8. The van der Waals surface area contributed by atoms with Crippen LogP contribution >= 0.6 is 11.8 Å². The number of oxazole rings is 1. The van der Waals surface area contributed by atoms with Crippen LogP contribution in [0.1, 0.15) is 17.0 Å². The number of aryl methyl sites for hydroxylation is 2. The molecule has 0 spiro atoms. The third-order valence-electron chi connectivity index (χ3n) is 2.52. The lowest BCUT2D eigenvalue weighted by Gasteiger charge is -2.11. The van der Waals surface area contributed by atoms with Crippen LogP contribution in [0.5, 0.6) is 0 Å². The van der Waals surface area contributed by atoms with Crippen molar-refractivity contribution in [3.63, 3.8) is 0 Å². The first-order valence-corrected chi connectivity index (χ1v) is 6.17. The van der Waals surface area contributed by atoms with Crippen LogP contribution in [0, 0.1) is 13.8 Å². The van der Waals surface area contributed by atoms with Crippen molar-refractivity contribution >= 4 is 17.4 Å². The minimum Gasteiger partial charge on any atom is -0.436 e. The van der Waals surface area contributed by atoms with E-state index >= 15 is 0 Å². The first kappa shape index (κ1) is 13.8. The maximum absolute atomic E-state index is 12.9. The lowest BCUT2D eigenvalue weighted by molar-refractivity contribution is -0.139. The average molecular weight is 288 g/mol. The molecule has 102 valence electrons. The molecule has 1 aromatic heterocycles. The van der Waals surface area contributed by atoms with E-state index in [4.69, 9.17) is 10.2 Å². The van der Waals surface area contributed by atoms with Gasteiger partial charge < -0.3 is 10.2 Å². The Kier molecular flexibility index (Phi) is 3.49. The van der Waals surface area contributed by atoms with Gasteiger partial charge in [-0.1, -0.05) is 0 Å². The van der Waals surface area contributed by atoms with Gasteiger partial charge in [0.25, 0.3) is 5.22 Å². The number of anilines is 1. The highest BCUT2D eigenvalue weighted by molar-refractivity contribution is 7.99. The molecular weight excluding hydrogens is 277 g/mol. The third-order valence-corrected chi connectivity index (χ3v) is 3.44. The maximum atomic E-state index is 12.9. The third kappa shape index (κ3) is 3.04. The van der Waals surface area contributed by atoms with E-state index in [-0.39, 0.29) is 15.8 Å². The highest BCUT2D eigenvalue weighted by Crippen LogP contribution is 2.40. The van der Waals surface area contributed by atoms with Gasteiger partial charge in [-0.25, -0.2) is 4.98 Å². The number of hydrogen-bond donors (Lipinski definition) is 1. The average Bonchev–Trinajstić information content (AvgIpc) is 2.59. The lowest BCUT2D eigenvalue weighted by Crippen LogP contribution is -2.07. The summed E-state index contributed by atoms with van der Waals surface area (Å²) in [5, 5.41) is 0.185. The van der Waals surface area contributed by atoms with E-state index in [2.05, 4.69) is 4.98 Å². The van der Waals surface area contributed by atoms with Crippen LogP contribution in [-0.4, -0.2) is 4.98 Å². The second-order valence-corrected chi connectivity index (χ2v) is 4.97. The predicted molar refractivity (Wildman–Crippen MR) is 66.0 cm³/mol. The number of nitrogen functional groups attached to an aromatic ring is 1. The van der Waals surface area contributed by atoms with Crippen molar-refractivity contribution < 1.29 is 17.6 Å². The van der Waals surface area contributed by atoms with E-state index < -0.39 is 11.7 Å². The molecule has 0 amide bonds. The molecule has 0 radical (unpaired) electrons. The number of hydrogen-bond acceptors (Lipinski definition) is 4. The SMILES string of the molecule is Cc1nc(Sc2ccc(N)cc2C(F)(F)F)oc1C. The van der Waals surface area contributed by atoms with Gasteiger partial charge in [0.05, 0.1) is 11.3 Å². The molecule has 0 unspecified atom stereocenters. The van der Waals surface area contributed by atoms with Crippen molar-refractivity contribution in [2.75, 3.05) is 5.73 Å². The topological polar surface area (TPSA) is 52.0 Å². The van der Waals surface area contributed by atoms with Gasteiger partial charge in [0, 0.05) is 10.6 Å². The second kappa shape index (κ2) is 4.80. The standard InChI is InChI=1S/C12H11F3N2OS/c1-6-7(2)18-11(17-6)19-10-4-3-8(16)5-9(10)12(13,14)15/h3-5H,16H2,1-2H3. The number of benzene rings is 1. The number of nitrogens with two attached hydrogens (primary N) is 1. The van der Waals surface area contributed by atoms with Gasteiger partial charge in [-0.2, -0.15) is 13.2 Å². The minimum absolute atomic E-state index is 0.0166. The molecule has 2 rings (SSSR count). The van der Waals surface area contributed by atoms with Crippen LogP contribution in [0.4, 0.5) is 18.9 Å². The number of alkyl halides is 3. The Morgan fingerprint density at radius 2 is 1.95 bits per heavy atom. The van der Waals surface area contributed by atoms with E-state index in [1.807, 2.05) is 0 Å².